The molecule has 0 unspecified atom stereocenters. The second-order valence-electron chi connectivity index (χ2n) is 5.66. The highest BCUT2D eigenvalue weighted by molar-refractivity contribution is 7.89. The first-order chi connectivity index (χ1) is 13.4. The number of carbonyl (C=O) groups excluding carboxylic acids is 1. The molecular weight excluding hydrogens is 384 g/mol. The number of nitrogens with one attached hydrogen (secondary N) is 2. The van der Waals surface area contributed by atoms with Gasteiger partial charge in [-0.3, -0.25) is 10.2 Å². The molecule has 0 radical (unpaired) electrons. The zero-order valence-electron chi connectivity index (χ0n) is 16.0. The second-order valence-corrected chi connectivity index (χ2v) is 7.35. The number of amides is 1. The molecule has 0 saturated heterocycles. The number of carbonyl (C=O) groups is 1. The largest absolute Gasteiger partial charge is 0.494 e. The van der Waals surface area contributed by atoms with E-state index in [1.165, 1.54) is 31.2 Å². The third-order valence-electron chi connectivity index (χ3n) is 3.57. The maximum Gasteiger partial charge on any atom is 0.275 e. The Labute approximate surface area is 164 Å². The van der Waals surface area contributed by atoms with E-state index in [1.807, 2.05) is 13.8 Å². The van der Waals surface area contributed by atoms with Crippen LogP contribution in [0.15, 0.2) is 53.4 Å². The summed E-state index contributed by atoms with van der Waals surface area (Å²) in [4.78, 5) is 14.2. The minimum atomic E-state index is -3.91. The molecule has 2 aromatic rings. The lowest BCUT2D eigenvalue weighted by atomic mass is 10.3. The maximum atomic E-state index is 12.3. The molecule has 1 amide bonds. The molecule has 0 saturated carbocycles. The van der Waals surface area contributed by atoms with Gasteiger partial charge >= 0.3 is 0 Å². The van der Waals surface area contributed by atoms with Gasteiger partial charge in [0, 0.05) is 0 Å². The van der Waals surface area contributed by atoms with Crippen LogP contribution in [-0.4, -0.2) is 33.6 Å². The molecule has 2 rings (SSSR count). The predicted octanol–water partition coefficient (Wildman–Crippen LogP) is 2.26. The summed E-state index contributed by atoms with van der Waals surface area (Å²) in [5, 5.41) is 0. The van der Waals surface area contributed by atoms with Gasteiger partial charge < -0.3 is 14.2 Å². The van der Waals surface area contributed by atoms with Crippen LogP contribution >= 0.6 is 0 Å². The van der Waals surface area contributed by atoms with Crippen LogP contribution in [-0.2, 0) is 14.8 Å². The van der Waals surface area contributed by atoms with E-state index in [2.05, 4.69) is 10.3 Å². The Kier molecular flexibility index (Phi) is 7.65. The van der Waals surface area contributed by atoms with Crippen molar-refractivity contribution < 1.29 is 27.4 Å². The van der Waals surface area contributed by atoms with Gasteiger partial charge in [0.05, 0.1) is 18.1 Å². The van der Waals surface area contributed by atoms with Gasteiger partial charge in [-0.25, -0.2) is 8.42 Å². The van der Waals surface area contributed by atoms with Gasteiger partial charge in [-0.2, -0.15) is 0 Å². The van der Waals surface area contributed by atoms with Crippen molar-refractivity contribution in [3.8, 4) is 17.2 Å². The minimum Gasteiger partial charge on any atom is -0.494 e. The van der Waals surface area contributed by atoms with Gasteiger partial charge in [0.1, 0.15) is 17.2 Å². The fourth-order valence-corrected chi connectivity index (χ4v) is 3.05. The average Bonchev–Trinajstić information content (AvgIpc) is 2.68. The number of hydrogen-bond acceptors (Lipinski definition) is 6. The van der Waals surface area contributed by atoms with Crippen molar-refractivity contribution in [3.05, 3.63) is 48.5 Å². The standard InChI is InChI=1S/C19H24N2O6S/c1-4-25-15-6-8-17(9-7-15)27-14(3)19(22)20-21-28(23,24)18-12-10-16(11-13-18)26-5-2/h6-14,21H,4-5H2,1-3H3,(H,20,22)/t14-/m1/s1. The monoisotopic (exact) mass is 408 g/mol. The third kappa shape index (κ3) is 6.14. The molecule has 2 aromatic carbocycles. The smallest absolute Gasteiger partial charge is 0.275 e. The van der Waals surface area contributed by atoms with Crippen molar-refractivity contribution in [3.63, 3.8) is 0 Å². The highest BCUT2D eigenvalue weighted by atomic mass is 32.2. The van der Waals surface area contributed by atoms with Gasteiger partial charge in [-0.1, -0.05) is 0 Å². The number of hydrogen-bond donors (Lipinski definition) is 2. The summed E-state index contributed by atoms with van der Waals surface area (Å²) >= 11 is 0. The van der Waals surface area contributed by atoms with Gasteiger partial charge in [0.2, 0.25) is 0 Å². The zero-order chi connectivity index (χ0) is 20.6. The first-order valence-electron chi connectivity index (χ1n) is 8.79. The van der Waals surface area contributed by atoms with Crippen molar-refractivity contribution in [2.75, 3.05) is 13.2 Å². The van der Waals surface area contributed by atoms with E-state index in [0.717, 1.165) is 0 Å². The average molecular weight is 408 g/mol. The molecular formula is C19H24N2O6S. The molecule has 0 aliphatic rings. The van der Waals surface area contributed by atoms with Gasteiger partial charge in [0.15, 0.2) is 6.10 Å². The van der Waals surface area contributed by atoms with Crippen LogP contribution in [0.4, 0.5) is 0 Å². The van der Waals surface area contributed by atoms with Crippen molar-refractivity contribution in [1.29, 1.82) is 0 Å². The van der Waals surface area contributed by atoms with Crippen LogP contribution in [0.2, 0.25) is 0 Å². The first-order valence-corrected chi connectivity index (χ1v) is 10.3. The van der Waals surface area contributed by atoms with Gasteiger partial charge in [0.25, 0.3) is 15.9 Å². The summed E-state index contributed by atoms with van der Waals surface area (Å²) in [5.41, 5.74) is 2.16. The van der Waals surface area contributed by atoms with Gasteiger partial charge in [-0.05, 0) is 69.3 Å². The lowest BCUT2D eigenvalue weighted by Gasteiger charge is -2.15. The van der Waals surface area contributed by atoms with E-state index >= 15 is 0 Å². The Morgan fingerprint density at radius 3 is 1.86 bits per heavy atom. The highest BCUT2D eigenvalue weighted by Crippen LogP contribution is 2.19. The van der Waals surface area contributed by atoms with Crippen molar-refractivity contribution in [2.45, 2.75) is 31.8 Å². The van der Waals surface area contributed by atoms with Gasteiger partial charge in [-0.15, -0.1) is 4.83 Å². The van der Waals surface area contributed by atoms with Crippen LogP contribution in [0, 0.1) is 0 Å². The quantitative estimate of drug-likeness (QED) is 0.585. The summed E-state index contributed by atoms with van der Waals surface area (Å²) < 4.78 is 40.6. The highest BCUT2D eigenvalue weighted by Gasteiger charge is 2.19. The van der Waals surface area contributed by atoms with Crippen molar-refractivity contribution in [2.24, 2.45) is 0 Å². The topological polar surface area (TPSA) is 103 Å². The lowest BCUT2D eigenvalue weighted by Crippen LogP contribution is -2.47. The molecule has 28 heavy (non-hydrogen) atoms. The van der Waals surface area contributed by atoms with Crippen LogP contribution in [0.1, 0.15) is 20.8 Å². The number of hydrazine groups is 1. The van der Waals surface area contributed by atoms with E-state index < -0.39 is 22.0 Å². The first kappa shape index (κ1) is 21.5. The Balaban J connectivity index is 1.90. The summed E-state index contributed by atoms with van der Waals surface area (Å²) in [6, 6.07) is 12.6. The summed E-state index contributed by atoms with van der Waals surface area (Å²) in [6.45, 7) is 6.25. The van der Waals surface area contributed by atoms with Crippen LogP contribution in [0.25, 0.3) is 0 Å². The normalized spacial score (nSPS) is 12.1. The van der Waals surface area contributed by atoms with Crippen LogP contribution in [0.5, 0.6) is 17.2 Å². The fourth-order valence-electron chi connectivity index (χ4n) is 2.20. The van der Waals surface area contributed by atoms with Crippen molar-refractivity contribution >= 4 is 15.9 Å². The molecule has 1 atom stereocenters. The SMILES string of the molecule is CCOc1ccc(O[C@H](C)C(=O)NNS(=O)(=O)c2ccc(OCC)cc2)cc1. The predicted molar refractivity (Wildman–Crippen MR) is 104 cm³/mol. The Hall–Kier alpha value is -2.78. The summed E-state index contributed by atoms with van der Waals surface area (Å²) in [7, 11) is -3.91. The molecule has 0 fully saturated rings. The van der Waals surface area contributed by atoms with E-state index in [1.54, 1.807) is 24.3 Å². The molecule has 0 heterocycles. The Morgan fingerprint density at radius 1 is 0.893 bits per heavy atom. The number of rotatable bonds is 10. The molecule has 8 nitrogen and oxygen atoms in total. The molecule has 0 spiro atoms. The van der Waals surface area contributed by atoms with Crippen LogP contribution in [0.3, 0.4) is 0 Å². The Morgan fingerprint density at radius 2 is 1.36 bits per heavy atom. The zero-order valence-corrected chi connectivity index (χ0v) is 16.8. The molecule has 152 valence electrons. The third-order valence-corrected chi connectivity index (χ3v) is 4.83. The van der Waals surface area contributed by atoms with E-state index in [4.69, 9.17) is 14.2 Å². The molecule has 9 heteroatoms. The van der Waals surface area contributed by atoms with Crippen LogP contribution < -0.4 is 24.5 Å². The summed E-state index contributed by atoms with van der Waals surface area (Å²) in [5.74, 6) is 1.07. The molecule has 0 bridgehead atoms. The Bertz CT molecular complexity index is 866. The molecule has 0 aliphatic heterocycles. The second kappa shape index (κ2) is 9.95. The minimum absolute atomic E-state index is 0.00339. The van der Waals surface area contributed by atoms with E-state index in [0.29, 0.717) is 30.5 Å². The number of benzene rings is 2. The van der Waals surface area contributed by atoms with Crippen molar-refractivity contribution in [1.82, 2.24) is 10.3 Å². The fraction of sp³-hybridized carbons (Fsp3) is 0.316. The molecule has 2 N–H and O–H groups in total. The lowest BCUT2D eigenvalue weighted by molar-refractivity contribution is -0.127. The summed E-state index contributed by atoms with van der Waals surface area (Å²) in [6.07, 6.45) is -0.916. The maximum absolute atomic E-state index is 12.3. The van der Waals surface area contributed by atoms with E-state index in [-0.39, 0.29) is 4.90 Å². The molecule has 0 aliphatic carbocycles. The molecule has 0 aromatic heterocycles. The van der Waals surface area contributed by atoms with E-state index in [9.17, 15) is 13.2 Å². The number of ether oxygens (including phenoxy) is 3. The number of sulfonamides is 1.